The summed E-state index contributed by atoms with van der Waals surface area (Å²) >= 11 is 0. The molecule has 216 valence electrons. The molecule has 1 aliphatic rings. The minimum atomic E-state index is -0.731. The van der Waals surface area contributed by atoms with E-state index in [1.807, 2.05) is 67.1 Å². The third kappa shape index (κ3) is 6.54. The number of aromatic nitrogens is 2. The highest BCUT2D eigenvalue weighted by molar-refractivity contribution is 6.46. The molecule has 1 aromatic heterocycles. The number of aliphatic hydroxyl groups is 1. The summed E-state index contributed by atoms with van der Waals surface area (Å²) in [6.07, 6.45) is 6.77. The number of likely N-dealkylation sites (tertiary alicyclic amines) is 1. The Bertz CT molecular complexity index is 1540. The van der Waals surface area contributed by atoms with Crippen molar-refractivity contribution in [3.05, 3.63) is 119 Å². The second-order valence-corrected chi connectivity index (χ2v) is 10.4. The maximum atomic E-state index is 13.4. The van der Waals surface area contributed by atoms with Crippen molar-refractivity contribution in [3.63, 3.8) is 0 Å². The predicted octanol–water partition coefficient (Wildman–Crippen LogP) is 6.07. The van der Waals surface area contributed by atoms with Gasteiger partial charge in [-0.3, -0.25) is 9.59 Å². The van der Waals surface area contributed by atoms with Gasteiger partial charge >= 0.3 is 0 Å². The molecule has 0 spiro atoms. The molecule has 3 aromatic carbocycles. The summed E-state index contributed by atoms with van der Waals surface area (Å²) in [6, 6.07) is 21.6. The van der Waals surface area contributed by atoms with Crippen LogP contribution >= 0.6 is 0 Å². The molecule has 1 fully saturated rings. The number of imidazole rings is 1. The van der Waals surface area contributed by atoms with Crippen LogP contribution in [0.1, 0.15) is 48.1 Å². The van der Waals surface area contributed by atoms with Crippen molar-refractivity contribution in [3.8, 4) is 11.5 Å². The van der Waals surface area contributed by atoms with Crippen LogP contribution in [0.15, 0.2) is 97.1 Å². The average molecular weight is 566 g/mol. The number of hydrogen-bond donors (Lipinski definition) is 1. The third-order valence-corrected chi connectivity index (χ3v) is 7.20. The van der Waals surface area contributed by atoms with E-state index in [1.165, 1.54) is 0 Å². The first-order valence-corrected chi connectivity index (χ1v) is 14.2. The summed E-state index contributed by atoms with van der Waals surface area (Å²) < 4.78 is 13.6. The first kappa shape index (κ1) is 28.7. The van der Waals surface area contributed by atoms with Gasteiger partial charge in [-0.1, -0.05) is 48.9 Å². The van der Waals surface area contributed by atoms with Gasteiger partial charge in [-0.25, -0.2) is 4.98 Å². The van der Waals surface area contributed by atoms with Crippen LogP contribution in [-0.2, 0) is 22.7 Å². The minimum absolute atomic E-state index is 0.0679. The van der Waals surface area contributed by atoms with Gasteiger partial charge in [0.25, 0.3) is 11.7 Å². The SMILES string of the molecule is CCCOc1ccc(C2C(=C(O)c3ccc(OCc4cccc(C)c4)cc3)C(=O)C(=O)N2CCCn2ccnc2)cc1. The van der Waals surface area contributed by atoms with Crippen LogP contribution in [0.25, 0.3) is 5.76 Å². The molecule has 42 heavy (non-hydrogen) atoms. The first-order valence-electron chi connectivity index (χ1n) is 14.2. The topological polar surface area (TPSA) is 93.9 Å². The maximum Gasteiger partial charge on any atom is 0.295 e. The lowest BCUT2D eigenvalue weighted by atomic mass is 9.95. The van der Waals surface area contributed by atoms with Gasteiger partial charge in [-0.15, -0.1) is 0 Å². The van der Waals surface area contributed by atoms with Crippen LogP contribution in [0.5, 0.6) is 11.5 Å². The Kier molecular flexibility index (Phi) is 9.02. The number of nitrogens with zero attached hydrogens (tertiary/aromatic N) is 3. The largest absolute Gasteiger partial charge is 0.507 e. The van der Waals surface area contributed by atoms with Gasteiger partial charge in [0.1, 0.15) is 23.9 Å². The molecular weight excluding hydrogens is 530 g/mol. The van der Waals surface area contributed by atoms with Crippen molar-refractivity contribution in [2.45, 2.75) is 45.9 Å². The number of aryl methyl sites for hydroxylation is 2. The monoisotopic (exact) mass is 565 g/mol. The van der Waals surface area contributed by atoms with Crippen molar-refractivity contribution in [1.29, 1.82) is 0 Å². The van der Waals surface area contributed by atoms with E-state index < -0.39 is 17.7 Å². The number of ketones is 1. The van der Waals surface area contributed by atoms with E-state index in [9.17, 15) is 14.7 Å². The Morgan fingerprint density at radius 1 is 0.952 bits per heavy atom. The van der Waals surface area contributed by atoms with Crippen LogP contribution in [0.4, 0.5) is 0 Å². The molecule has 1 aliphatic heterocycles. The molecule has 0 bridgehead atoms. The van der Waals surface area contributed by atoms with E-state index in [2.05, 4.69) is 11.1 Å². The Hall–Kier alpha value is -4.85. The van der Waals surface area contributed by atoms with Crippen molar-refractivity contribution in [1.82, 2.24) is 14.5 Å². The number of benzene rings is 3. The second-order valence-electron chi connectivity index (χ2n) is 10.4. The second kappa shape index (κ2) is 13.2. The van der Waals surface area contributed by atoms with Gasteiger partial charge < -0.3 is 24.0 Å². The Balaban J connectivity index is 1.41. The highest BCUT2D eigenvalue weighted by Crippen LogP contribution is 2.40. The van der Waals surface area contributed by atoms with Gasteiger partial charge in [0.05, 0.1) is 24.5 Å². The van der Waals surface area contributed by atoms with E-state index in [0.717, 1.165) is 23.1 Å². The summed E-state index contributed by atoms with van der Waals surface area (Å²) in [6.45, 7) is 6.06. The lowest BCUT2D eigenvalue weighted by Crippen LogP contribution is -2.31. The molecule has 8 heteroatoms. The number of ether oxygens (including phenoxy) is 2. The van der Waals surface area contributed by atoms with E-state index in [4.69, 9.17) is 9.47 Å². The number of carbonyl (C=O) groups is 2. The molecule has 1 amide bonds. The molecule has 4 aromatic rings. The van der Waals surface area contributed by atoms with Crippen molar-refractivity contribution in [2.24, 2.45) is 0 Å². The number of hydrogen-bond acceptors (Lipinski definition) is 6. The molecule has 1 N–H and O–H groups in total. The summed E-state index contributed by atoms with van der Waals surface area (Å²) in [7, 11) is 0. The molecule has 5 rings (SSSR count). The fourth-order valence-electron chi connectivity index (χ4n) is 5.10. The maximum absolute atomic E-state index is 13.4. The smallest absolute Gasteiger partial charge is 0.295 e. The number of carbonyl (C=O) groups excluding carboxylic acids is 2. The minimum Gasteiger partial charge on any atom is -0.507 e. The Morgan fingerprint density at radius 2 is 1.69 bits per heavy atom. The average Bonchev–Trinajstić information content (AvgIpc) is 3.62. The normalized spacial score (nSPS) is 16.1. The first-order chi connectivity index (χ1) is 20.4. The lowest BCUT2D eigenvalue weighted by Gasteiger charge is -2.25. The van der Waals surface area contributed by atoms with E-state index in [1.54, 1.807) is 41.7 Å². The zero-order valence-corrected chi connectivity index (χ0v) is 23.9. The summed E-state index contributed by atoms with van der Waals surface area (Å²) in [4.78, 5) is 32.3. The number of Topliss-reactive ketones (excluding diaryl/α,β-unsaturated/α-hetero) is 1. The molecule has 1 saturated heterocycles. The molecule has 0 saturated carbocycles. The van der Waals surface area contributed by atoms with E-state index in [-0.39, 0.29) is 11.3 Å². The van der Waals surface area contributed by atoms with Crippen LogP contribution in [-0.4, -0.2) is 44.4 Å². The van der Waals surface area contributed by atoms with Crippen molar-refractivity contribution >= 4 is 17.4 Å². The van der Waals surface area contributed by atoms with Gasteiger partial charge in [-0.05, 0) is 67.3 Å². The highest BCUT2D eigenvalue weighted by Gasteiger charge is 2.45. The zero-order chi connectivity index (χ0) is 29.5. The number of amides is 1. The third-order valence-electron chi connectivity index (χ3n) is 7.20. The zero-order valence-electron chi connectivity index (χ0n) is 23.9. The molecule has 1 unspecified atom stereocenters. The predicted molar refractivity (Wildman–Crippen MR) is 160 cm³/mol. The summed E-state index contributed by atoms with van der Waals surface area (Å²) in [5, 5.41) is 11.4. The summed E-state index contributed by atoms with van der Waals surface area (Å²) in [5.74, 6) is -0.207. The van der Waals surface area contributed by atoms with Crippen molar-refractivity contribution < 1.29 is 24.2 Å². The van der Waals surface area contributed by atoms with Crippen LogP contribution in [0.2, 0.25) is 0 Å². The van der Waals surface area contributed by atoms with E-state index in [0.29, 0.717) is 49.8 Å². The summed E-state index contributed by atoms with van der Waals surface area (Å²) in [5.41, 5.74) is 3.44. The molecule has 1 atom stereocenters. The van der Waals surface area contributed by atoms with E-state index >= 15 is 0 Å². The fraction of sp³-hybridized carbons (Fsp3) is 0.265. The highest BCUT2D eigenvalue weighted by atomic mass is 16.5. The molecule has 0 radical (unpaired) electrons. The van der Waals surface area contributed by atoms with Gasteiger partial charge in [0, 0.05) is 31.0 Å². The molecule has 0 aliphatic carbocycles. The Labute approximate surface area is 245 Å². The number of rotatable bonds is 12. The quantitative estimate of drug-likeness (QED) is 0.127. The van der Waals surface area contributed by atoms with Crippen LogP contribution in [0, 0.1) is 6.92 Å². The van der Waals surface area contributed by atoms with Gasteiger partial charge in [0.2, 0.25) is 0 Å². The molecular formula is C34H35N3O5. The van der Waals surface area contributed by atoms with Crippen LogP contribution in [0.3, 0.4) is 0 Å². The van der Waals surface area contributed by atoms with Gasteiger partial charge in [-0.2, -0.15) is 0 Å². The number of aliphatic hydroxyl groups excluding tert-OH is 1. The van der Waals surface area contributed by atoms with Gasteiger partial charge in [0.15, 0.2) is 0 Å². The lowest BCUT2D eigenvalue weighted by molar-refractivity contribution is -0.139. The molecule has 2 heterocycles. The van der Waals surface area contributed by atoms with Crippen LogP contribution < -0.4 is 9.47 Å². The molecule has 8 nitrogen and oxygen atoms in total. The fourth-order valence-corrected chi connectivity index (χ4v) is 5.10. The Morgan fingerprint density at radius 3 is 2.38 bits per heavy atom. The van der Waals surface area contributed by atoms with Crippen molar-refractivity contribution in [2.75, 3.05) is 13.2 Å². The standard InChI is InChI=1S/C34H35N3O5/c1-3-20-41-28-12-8-26(9-13-28)31-30(33(39)34(40)37(31)18-5-17-36-19-16-35-23-36)32(38)27-10-14-29(15-11-27)42-22-25-7-4-6-24(2)21-25/h4,6-16,19,21,23,31,38H,3,5,17-18,20,22H2,1-2H3.